The van der Waals surface area contributed by atoms with Gasteiger partial charge in [-0.1, -0.05) is 120 Å². The molecule has 0 atom stereocenters. The van der Waals surface area contributed by atoms with Crippen molar-refractivity contribution in [3.05, 3.63) is 280 Å². The molecule has 402 valence electrons. The minimum absolute atomic E-state index is 0.0460. The largest absolute Gasteiger partial charge is 0.311 e. The number of anilines is 6. The van der Waals surface area contributed by atoms with E-state index >= 15 is 0 Å². The van der Waals surface area contributed by atoms with Crippen LogP contribution in [-0.2, 0) is 6.42 Å². The molecule has 4 heterocycles. The Kier molecular flexibility index (Phi) is 12.9. The fourth-order valence-electron chi connectivity index (χ4n) is 10.8. The molecule has 0 saturated heterocycles. The third-order valence-corrected chi connectivity index (χ3v) is 16.2. The summed E-state index contributed by atoms with van der Waals surface area (Å²) in [6, 6.07) is 62.0. The molecule has 0 unspecified atom stereocenters. The van der Waals surface area contributed by atoms with Crippen molar-refractivity contribution in [2.75, 3.05) is 9.80 Å². The second-order valence-corrected chi connectivity index (χ2v) is 21.7. The molecule has 14 rings (SSSR count). The van der Waals surface area contributed by atoms with Gasteiger partial charge in [-0.15, -0.1) is 0 Å². The van der Waals surface area contributed by atoms with Gasteiger partial charge in [-0.3, -0.25) is 19.2 Å². The summed E-state index contributed by atoms with van der Waals surface area (Å²) in [5.41, 5.74) is 14.2. The summed E-state index contributed by atoms with van der Waals surface area (Å²) >= 11 is 2.04. The normalized spacial score (nSPS) is 12.1. The summed E-state index contributed by atoms with van der Waals surface area (Å²) in [6.45, 7) is 6.21. The molecule has 4 aromatic heterocycles. The number of hydrogen-bond donors (Lipinski definition) is 0. The number of hydrogen-bond acceptors (Lipinski definition) is 16. The summed E-state index contributed by atoms with van der Waals surface area (Å²) in [6.07, 6.45) is 3.86. The standard InChI is InChI=1S/C68H44N10O4S2/c1-38-8-21-45(22-9-38)77(46-23-10-39(2)11-24-46)49-29-17-44(18-30-49)56-37-70-68(61-58(56)74-84-76-61)72-62-63(79)53-33-16-42(35-54(53)64(62)80)34-41-14-27-48(28-15-41)78(47-25-12-40(3)13-26-47)50-31-19-43(20-32-50)55-36-69-67(60-57(55)73-83-75-60)71-59-51-6-4-5-7-52(51)65(81)66(59)82/h4-33,35-37H,34H2,1-3H3/b71-59-,72-62+. The van der Waals surface area contributed by atoms with Gasteiger partial charge in [0.1, 0.15) is 27.4 Å². The average molecular weight is 1130 g/mol. The Morgan fingerprint density at radius 3 is 1.23 bits per heavy atom. The molecule has 0 saturated carbocycles. The van der Waals surface area contributed by atoms with Crippen LogP contribution in [0.5, 0.6) is 0 Å². The van der Waals surface area contributed by atoms with Gasteiger partial charge < -0.3 is 9.80 Å². The highest BCUT2D eigenvalue weighted by molar-refractivity contribution is 7.00. The van der Waals surface area contributed by atoms with Crippen molar-refractivity contribution in [3.63, 3.8) is 0 Å². The zero-order valence-corrected chi connectivity index (χ0v) is 46.8. The molecule has 0 spiro atoms. The van der Waals surface area contributed by atoms with Crippen LogP contribution in [0.3, 0.4) is 0 Å². The van der Waals surface area contributed by atoms with Crippen LogP contribution in [0, 0.1) is 20.8 Å². The van der Waals surface area contributed by atoms with Gasteiger partial charge in [-0.2, -0.15) is 17.5 Å². The monoisotopic (exact) mass is 1130 g/mol. The molecule has 10 aromatic carbocycles. The highest BCUT2D eigenvalue weighted by Crippen LogP contribution is 2.40. The Morgan fingerprint density at radius 1 is 0.369 bits per heavy atom. The maximum absolute atomic E-state index is 14.1. The minimum atomic E-state index is -0.674. The predicted octanol–water partition coefficient (Wildman–Crippen LogP) is 13.2. The quantitative estimate of drug-likeness (QED) is 0.106. The van der Waals surface area contributed by atoms with Crippen LogP contribution in [0.15, 0.2) is 230 Å². The number of nitrogens with zero attached hydrogens (tertiary/aromatic N) is 10. The molecule has 0 aliphatic rings. The van der Waals surface area contributed by atoms with Crippen molar-refractivity contribution in [2.24, 2.45) is 9.98 Å². The first-order valence-electron chi connectivity index (χ1n) is 26.9. The van der Waals surface area contributed by atoms with E-state index in [1.165, 1.54) is 11.1 Å². The van der Waals surface area contributed by atoms with Crippen LogP contribution < -0.4 is 42.2 Å². The molecular weight excluding hydrogens is 1080 g/mol. The average Bonchev–Trinajstić information content (AvgIpc) is 4.16. The van der Waals surface area contributed by atoms with E-state index in [9.17, 15) is 19.2 Å². The first kappa shape index (κ1) is 51.5. The molecule has 0 aliphatic carbocycles. The lowest BCUT2D eigenvalue weighted by Gasteiger charge is -2.26. The van der Waals surface area contributed by atoms with Gasteiger partial charge in [-0.25, -0.2) is 20.0 Å². The van der Waals surface area contributed by atoms with Crippen molar-refractivity contribution in [1.29, 1.82) is 0 Å². The van der Waals surface area contributed by atoms with Crippen LogP contribution in [0.2, 0.25) is 0 Å². The fraction of sp³-hybridized carbons (Fsp3) is 0.0588. The van der Waals surface area contributed by atoms with Crippen molar-refractivity contribution < 1.29 is 0 Å². The number of aromatic nitrogens is 6. The van der Waals surface area contributed by atoms with Gasteiger partial charge >= 0.3 is 0 Å². The van der Waals surface area contributed by atoms with Crippen molar-refractivity contribution >= 4 is 113 Å². The van der Waals surface area contributed by atoms with Crippen LogP contribution in [0.4, 0.5) is 45.8 Å². The summed E-state index contributed by atoms with van der Waals surface area (Å²) in [7, 11) is 0. The summed E-state index contributed by atoms with van der Waals surface area (Å²) in [5, 5.41) is 1.23. The lowest BCUT2D eigenvalue weighted by Crippen LogP contribution is -2.31. The molecule has 84 heavy (non-hydrogen) atoms. The van der Waals surface area contributed by atoms with Crippen molar-refractivity contribution in [3.8, 4) is 22.3 Å². The zero-order valence-electron chi connectivity index (χ0n) is 45.2. The van der Waals surface area contributed by atoms with E-state index in [1.54, 1.807) is 48.8 Å². The lowest BCUT2D eigenvalue weighted by atomic mass is 10.0. The highest BCUT2D eigenvalue weighted by atomic mass is 32.1. The molecular formula is C68H44N10O4S2. The van der Waals surface area contributed by atoms with E-state index in [1.807, 2.05) is 42.5 Å². The maximum Gasteiger partial charge on any atom is 0.252 e. The number of aryl methyl sites for hydroxylation is 3. The molecule has 0 amide bonds. The van der Waals surface area contributed by atoms with Gasteiger partial charge in [0.05, 0.1) is 23.5 Å². The lowest BCUT2D eigenvalue weighted by molar-refractivity contribution is 1.19. The topological polar surface area (TPSA) is 177 Å². The molecule has 0 fully saturated rings. The number of pyridine rings is 2. The Morgan fingerprint density at radius 2 is 0.750 bits per heavy atom. The van der Waals surface area contributed by atoms with Crippen molar-refractivity contribution in [1.82, 2.24) is 27.5 Å². The molecule has 0 radical (unpaired) electrons. The van der Waals surface area contributed by atoms with Crippen molar-refractivity contribution in [2.45, 2.75) is 27.2 Å². The Bertz CT molecular complexity index is 5180. The highest BCUT2D eigenvalue weighted by Gasteiger charge is 2.21. The van der Waals surface area contributed by atoms with Gasteiger partial charge in [0.2, 0.25) is 16.3 Å². The van der Waals surface area contributed by atoms with Gasteiger partial charge in [-0.05, 0) is 134 Å². The third kappa shape index (κ3) is 9.24. The fourth-order valence-corrected chi connectivity index (χ4v) is 11.9. The number of benzene rings is 8. The number of fused-ring (bicyclic) bond motifs is 4. The Labute approximate surface area is 486 Å². The molecule has 14 aromatic rings. The van der Waals surface area contributed by atoms with E-state index in [0.717, 1.165) is 96.5 Å². The second kappa shape index (κ2) is 21.0. The third-order valence-electron chi connectivity index (χ3n) is 15.2. The first-order valence-corrected chi connectivity index (χ1v) is 28.4. The molecule has 0 aliphatic heterocycles. The molecule has 16 heteroatoms. The Hall–Kier alpha value is -10.7. The summed E-state index contributed by atoms with van der Waals surface area (Å²) < 4.78 is 18.3. The summed E-state index contributed by atoms with van der Waals surface area (Å²) in [4.78, 5) is 76.6. The first-order chi connectivity index (χ1) is 41.0. The predicted molar refractivity (Wildman–Crippen MR) is 336 cm³/mol. The minimum Gasteiger partial charge on any atom is -0.311 e. The van der Waals surface area contributed by atoms with Gasteiger partial charge in [0, 0.05) is 79.2 Å². The van der Waals surface area contributed by atoms with Crippen LogP contribution >= 0.6 is 23.5 Å². The van der Waals surface area contributed by atoms with Crippen LogP contribution in [0.25, 0.3) is 65.9 Å². The van der Waals surface area contributed by atoms with E-state index in [0.29, 0.717) is 50.0 Å². The summed E-state index contributed by atoms with van der Waals surface area (Å²) in [5.74, 6) is 0.368. The molecule has 0 bridgehead atoms. The second-order valence-electron chi connectivity index (χ2n) is 20.7. The Balaban J connectivity index is 0.722. The molecule has 0 N–H and O–H groups in total. The maximum atomic E-state index is 14.1. The van der Waals surface area contributed by atoms with Gasteiger partial charge in [0.15, 0.2) is 17.0 Å². The van der Waals surface area contributed by atoms with Crippen LogP contribution in [0.1, 0.15) is 27.8 Å². The van der Waals surface area contributed by atoms with E-state index in [-0.39, 0.29) is 22.4 Å². The van der Waals surface area contributed by atoms with E-state index < -0.39 is 21.7 Å². The van der Waals surface area contributed by atoms with Crippen LogP contribution in [-0.4, -0.2) is 27.5 Å². The zero-order chi connectivity index (χ0) is 57.2. The smallest absolute Gasteiger partial charge is 0.252 e. The van der Waals surface area contributed by atoms with E-state index in [2.05, 4.69) is 177 Å². The number of rotatable bonds is 12. The molecule has 14 nitrogen and oxygen atoms in total. The van der Waals surface area contributed by atoms with Gasteiger partial charge in [0.25, 0.3) is 5.43 Å². The SMILES string of the molecule is Cc1ccc(N(c2ccc(Cc3ccc4c(=O)/c(=N\c5ncc(-c6ccc(N(c7ccc(C)cc7)c7ccc(C)cc7)cc6)c6nsnc56)c(=O)c4c3)cc2)c2ccc(-c3cnc(/N=c4\c(=O)c(=O)c5ccccc45)c4nsnc34)cc2)cc1. The van der Waals surface area contributed by atoms with E-state index in [4.69, 9.17) is 0 Å².